The van der Waals surface area contributed by atoms with Crippen LogP contribution in [-0.2, 0) is 9.59 Å². The van der Waals surface area contributed by atoms with E-state index in [0.717, 1.165) is 25.7 Å². The number of rotatable bonds is 5. The normalized spacial score (nSPS) is 19.2. The Morgan fingerprint density at radius 1 is 1.21 bits per heavy atom. The molecule has 5 nitrogen and oxygen atoms in total. The van der Waals surface area contributed by atoms with Gasteiger partial charge in [0, 0.05) is 17.5 Å². The summed E-state index contributed by atoms with van der Waals surface area (Å²) in [5.74, 6) is -1.09. The third-order valence-electron chi connectivity index (χ3n) is 4.66. The van der Waals surface area contributed by atoms with Crippen LogP contribution in [0.5, 0.6) is 0 Å². The smallest absolute Gasteiger partial charge is 0.311 e. The molecular formula is C14H26N2O3. The van der Waals surface area contributed by atoms with E-state index in [4.69, 9.17) is 5.73 Å². The van der Waals surface area contributed by atoms with E-state index < -0.39 is 22.5 Å². The van der Waals surface area contributed by atoms with Crippen LogP contribution in [0.3, 0.4) is 0 Å². The van der Waals surface area contributed by atoms with Crippen molar-refractivity contribution in [2.75, 3.05) is 0 Å². The first-order valence-corrected chi connectivity index (χ1v) is 6.83. The number of carbonyl (C=O) groups is 2. The first kappa shape index (κ1) is 16.0. The highest BCUT2D eigenvalue weighted by Gasteiger charge is 2.45. The van der Waals surface area contributed by atoms with Crippen LogP contribution in [0.15, 0.2) is 0 Å². The van der Waals surface area contributed by atoms with E-state index in [1.54, 1.807) is 27.7 Å². The predicted molar refractivity (Wildman–Crippen MR) is 73.6 cm³/mol. The minimum atomic E-state index is -1.04. The Balaban J connectivity index is 2.68. The lowest BCUT2D eigenvalue weighted by Gasteiger charge is -2.39. The summed E-state index contributed by atoms with van der Waals surface area (Å²) in [4.78, 5) is 23.4. The Morgan fingerprint density at radius 3 is 2.11 bits per heavy atom. The zero-order valence-corrected chi connectivity index (χ0v) is 12.4. The number of carboxylic acids is 1. The Kier molecular flexibility index (Phi) is 4.30. The molecule has 5 heteroatoms. The minimum Gasteiger partial charge on any atom is -0.481 e. The van der Waals surface area contributed by atoms with Gasteiger partial charge >= 0.3 is 5.97 Å². The van der Waals surface area contributed by atoms with E-state index in [0.29, 0.717) is 0 Å². The predicted octanol–water partition coefficient (Wildman–Crippen LogP) is 1.65. The lowest BCUT2D eigenvalue weighted by Crippen LogP contribution is -2.58. The summed E-state index contributed by atoms with van der Waals surface area (Å²) in [6.45, 7) is 6.69. The Labute approximate surface area is 114 Å². The summed E-state index contributed by atoms with van der Waals surface area (Å²) in [5, 5.41) is 12.1. The number of nitrogens with one attached hydrogen (secondary N) is 1. The number of hydrogen-bond acceptors (Lipinski definition) is 3. The van der Waals surface area contributed by atoms with Crippen LogP contribution in [-0.4, -0.2) is 28.1 Å². The van der Waals surface area contributed by atoms with Crippen LogP contribution in [0.2, 0.25) is 0 Å². The van der Waals surface area contributed by atoms with Gasteiger partial charge in [0.25, 0.3) is 0 Å². The molecule has 1 saturated carbocycles. The van der Waals surface area contributed by atoms with Gasteiger partial charge in [0.15, 0.2) is 0 Å². The van der Waals surface area contributed by atoms with E-state index in [2.05, 4.69) is 5.32 Å². The monoisotopic (exact) mass is 270 g/mol. The Morgan fingerprint density at radius 2 is 1.68 bits per heavy atom. The van der Waals surface area contributed by atoms with Crippen LogP contribution in [0.4, 0.5) is 0 Å². The molecule has 1 aliphatic rings. The van der Waals surface area contributed by atoms with Crippen LogP contribution in [0, 0.1) is 5.41 Å². The van der Waals surface area contributed by atoms with Gasteiger partial charge in [0.1, 0.15) is 0 Å². The molecule has 0 aromatic rings. The maximum absolute atomic E-state index is 12.1. The van der Waals surface area contributed by atoms with Crippen molar-refractivity contribution in [2.45, 2.75) is 70.9 Å². The lowest BCUT2D eigenvalue weighted by molar-refractivity contribution is -0.151. The van der Waals surface area contributed by atoms with Crippen molar-refractivity contribution < 1.29 is 14.7 Å². The van der Waals surface area contributed by atoms with Crippen LogP contribution >= 0.6 is 0 Å². The summed E-state index contributed by atoms with van der Waals surface area (Å²) in [6.07, 6.45) is 4.13. The standard InChI is InChI=1S/C14H26N2O3/c1-12(2,11(18)19)13(3,4)16-10(17)9-14(15)7-5-6-8-14/h5-9,15H2,1-4H3,(H,16,17)(H,18,19). The molecule has 1 fully saturated rings. The average Bonchev–Trinajstić information content (AvgIpc) is 2.62. The quantitative estimate of drug-likeness (QED) is 0.708. The van der Waals surface area contributed by atoms with Gasteiger partial charge in [-0.3, -0.25) is 9.59 Å². The molecule has 0 heterocycles. The van der Waals surface area contributed by atoms with Crippen molar-refractivity contribution in [1.29, 1.82) is 0 Å². The molecule has 0 atom stereocenters. The lowest BCUT2D eigenvalue weighted by atomic mass is 9.74. The zero-order chi connectivity index (χ0) is 14.9. The van der Waals surface area contributed by atoms with Crippen LogP contribution in [0.1, 0.15) is 59.8 Å². The summed E-state index contributed by atoms with van der Waals surface area (Å²) < 4.78 is 0. The minimum absolute atomic E-state index is 0.163. The number of carboxylic acid groups (broad SMARTS) is 1. The molecule has 0 aliphatic heterocycles. The first-order chi connectivity index (χ1) is 8.50. The van der Waals surface area contributed by atoms with E-state index in [9.17, 15) is 14.7 Å². The Bertz CT molecular complexity index is 369. The van der Waals surface area contributed by atoms with Crippen molar-refractivity contribution >= 4 is 11.9 Å². The summed E-state index contributed by atoms with van der Waals surface area (Å²) >= 11 is 0. The summed E-state index contributed by atoms with van der Waals surface area (Å²) in [7, 11) is 0. The fourth-order valence-electron chi connectivity index (χ4n) is 2.39. The molecule has 1 aliphatic carbocycles. The molecule has 1 amide bonds. The molecule has 110 valence electrons. The van der Waals surface area contributed by atoms with Gasteiger partial charge in [0.05, 0.1) is 5.41 Å². The molecule has 0 saturated heterocycles. The van der Waals surface area contributed by atoms with Crippen molar-refractivity contribution in [3.63, 3.8) is 0 Å². The molecule has 0 aromatic carbocycles. The van der Waals surface area contributed by atoms with Gasteiger partial charge in [-0.05, 0) is 40.5 Å². The molecule has 4 N–H and O–H groups in total. The van der Waals surface area contributed by atoms with Gasteiger partial charge < -0.3 is 16.2 Å². The number of amides is 1. The molecule has 0 bridgehead atoms. The molecule has 0 unspecified atom stereocenters. The van der Waals surface area contributed by atoms with Crippen molar-refractivity contribution in [2.24, 2.45) is 11.1 Å². The second-order valence-electron chi connectivity index (χ2n) is 6.85. The average molecular weight is 270 g/mol. The largest absolute Gasteiger partial charge is 0.481 e. The number of aliphatic carboxylic acids is 1. The van der Waals surface area contributed by atoms with E-state index in [1.807, 2.05) is 0 Å². The topological polar surface area (TPSA) is 92.4 Å². The van der Waals surface area contributed by atoms with E-state index >= 15 is 0 Å². The number of nitrogens with two attached hydrogens (primary N) is 1. The van der Waals surface area contributed by atoms with Gasteiger partial charge in [-0.2, -0.15) is 0 Å². The summed E-state index contributed by atoms with van der Waals surface area (Å²) in [6, 6.07) is 0. The highest BCUT2D eigenvalue weighted by atomic mass is 16.4. The van der Waals surface area contributed by atoms with Gasteiger partial charge in [-0.25, -0.2) is 0 Å². The highest BCUT2D eigenvalue weighted by molar-refractivity contribution is 5.81. The highest BCUT2D eigenvalue weighted by Crippen LogP contribution is 2.33. The van der Waals surface area contributed by atoms with Crippen molar-refractivity contribution in [3.8, 4) is 0 Å². The van der Waals surface area contributed by atoms with Gasteiger partial charge in [-0.15, -0.1) is 0 Å². The van der Waals surface area contributed by atoms with Crippen LogP contribution < -0.4 is 11.1 Å². The van der Waals surface area contributed by atoms with Crippen LogP contribution in [0.25, 0.3) is 0 Å². The second kappa shape index (κ2) is 5.12. The first-order valence-electron chi connectivity index (χ1n) is 6.83. The fraction of sp³-hybridized carbons (Fsp3) is 0.857. The maximum atomic E-state index is 12.1. The zero-order valence-electron chi connectivity index (χ0n) is 12.4. The summed E-state index contributed by atoms with van der Waals surface area (Å²) in [5.41, 5.74) is 3.89. The fourth-order valence-corrected chi connectivity index (χ4v) is 2.39. The van der Waals surface area contributed by atoms with E-state index in [1.165, 1.54) is 0 Å². The molecule has 0 radical (unpaired) electrons. The third-order valence-corrected chi connectivity index (χ3v) is 4.66. The number of hydrogen-bond donors (Lipinski definition) is 3. The van der Waals surface area contributed by atoms with Gasteiger partial charge in [0.2, 0.25) is 5.91 Å². The van der Waals surface area contributed by atoms with Crippen molar-refractivity contribution in [1.82, 2.24) is 5.32 Å². The maximum Gasteiger partial charge on any atom is 0.311 e. The second-order valence-corrected chi connectivity index (χ2v) is 6.85. The number of carbonyl (C=O) groups excluding carboxylic acids is 1. The van der Waals surface area contributed by atoms with Crippen molar-refractivity contribution in [3.05, 3.63) is 0 Å². The molecular weight excluding hydrogens is 244 g/mol. The Hall–Kier alpha value is -1.10. The molecule has 1 rings (SSSR count). The molecule has 19 heavy (non-hydrogen) atoms. The van der Waals surface area contributed by atoms with Gasteiger partial charge in [-0.1, -0.05) is 12.8 Å². The molecule has 0 spiro atoms. The third kappa shape index (κ3) is 3.47. The molecule has 0 aromatic heterocycles. The SMILES string of the molecule is CC(C)(NC(=O)CC1(N)CCCC1)C(C)(C)C(=O)O. The van der Waals surface area contributed by atoms with E-state index in [-0.39, 0.29) is 12.3 Å².